The van der Waals surface area contributed by atoms with Gasteiger partial charge in [-0.2, -0.15) is 15.3 Å². The maximum atomic E-state index is 4.25. The molecule has 1 N–H and O–H groups in total. The van der Waals surface area contributed by atoms with Crippen LogP contribution < -0.4 is 5.32 Å². The van der Waals surface area contributed by atoms with E-state index in [1.54, 1.807) is 12.4 Å². The predicted octanol–water partition coefficient (Wildman–Crippen LogP) is 3.29. The van der Waals surface area contributed by atoms with E-state index in [1.165, 1.54) is 0 Å². The summed E-state index contributed by atoms with van der Waals surface area (Å²) >= 11 is 0. The molecule has 0 atom stereocenters. The van der Waals surface area contributed by atoms with E-state index in [0.29, 0.717) is 0 Å². The third kappa shape index (κ3) is 2.72. The van der Waals surface area contributed by atoms with Crippen molar-refractivity contribution in [2.45, 2.75) is 13.8 Å². The zero-order valence-electron chi connectivity index (χ0n) is 11.9. The van der Waals surface area contributed by atoms with Crippen LogP contribution in [0.4, 0.5) is 11.5 Å². The van der Waals surface area contributed by atoms with Gasteiger partial charge in [0.2, 0.25) is 0 Å². The van der Waals surface area contributed by atoms with E-state index in [-0.39, 0.29) is 0 Å². The lowest BCUT2D eigenvalue weighted by Crippen LogP contribution is -2.00. The highest BCUT2D eigenvalue weighted by Gasteiger charge is 2.10. The first-order valence-corrected chi connectivity index (χ1v) is 6.68. The lowest BCUT2D eigenvalue weighted by molar-refractivity contribution is 1.02. The number of benzene rings is 1. The summed E-state index contributed by atoms with van der Waals surface area (Å²) in [5.74, 6) is 0.742. The minimum atomic E-state index is 0.742. The number of aromatic nitrogens is 4. The number of para-hydroxylation sites is 1. The van der Waals surface area contributed by atoms with Gasteiger partial charge in [-0.05, 0) is 43.2 Å². The number of hydrogen-bond acceptors (Lipinski definition) is 5. The lowest BCUT2D eigenvalue weighted by atomic mass is 10.1. The van der Waals surface area contributed by atoms with E-state index in [0.717, 1.165) is 33.9 Å². The normalized spacial score (nSPS) is 10.4. The largest absolute Gasteiger partial charge is 0.338 e. The van der Waals surface area contributed by atoms with Crippen molar-refractivity contribution in [3.8, 4) is 11.3 Å². The molecule has 0 amide bonds. The molecule has 0 unspecified atom stereocenters. The van der Waals surface area contributed by atoms with Crippen molar-refractivity contribution in [3.63, 3.8) is 0 Å². The Morgan fingerprint density at radius 3 is 2.29 bits per heavy atom. The number of hydrogen-bond donors (Lipinski definition) is 1. The maximum absolute atomic E-state index is 4.25. The van der Waals surface area contributed by atoms with Crippen molar-refractivity contribution in [2.75, 3.05) is 5.32 Å². The van der Waals surface area contributed by atoms with E-state index >= 15 is 0 Å². The molecular formula is C16H15N5. The van der Waals surface area contributed by atoms with E-state index in [1.807, 2.05) is 50.2 Å². The van der Waals surface area contributed by atoms with Gasteiger partial charge < -0.3 is 5.32 Å². The van der Waals surface area contributed by atoms with Crippen LogP contribution in [0.25, 0.3) is 11.3 Å². The molecule has 0 radical (unpaired) electrons. The summed E-state index contributed by atoms with van der Waals surface area (Å²) in [5, 5.41) is 19.6. The van der Waals surface area contributed by atoms with Gasteiger partial charge in [0.1, 0.15) is 0 Å². The molecule has 0 aliphatic rings. The summed E-state index contributed by atoms with van der Waals surface area (Å²) in [6.07, 6.45) is 3.38. The number of aryl methyl sites for hydroxylation is 2. The van der Waals surface area contributed by atoms with Crippen LogP contribution in [0.15, 0.2) is 48.8 Å². The summed E-state index contributed by atoms with van der Waals surface area (Å²) in [6.45, 7) is 4.02. The number of anilines is 2. The molecule has 0 aliphatic heterocycles. The van der Waals surface area contributed by atoms with Crippen molar-refractivity contribution in [2.24, 2.45) is 0 Å². The summed E-state index contributed by atoms with van der Waals surface area (Å²) in [7, 11) is 0. The van der Waals surface area contributed by atoms with Crippen molar-refractivity contribution in [1.82, 2.24) is 20.4 Å². The van der Waals surface area contributed by atoms with Crippen molar-refractivity contribution in [1.29, 1.82) is 0 Å². The summed E-state index contributed by atoms with van der Waals surface area (Å²) in [5.41, 5.74) is 4.91. The third-order valence-corrected chi connectivity index (χ3v) is 3.28. The lowest BCUT2D eigenvalue weighted by Gasteiger charge is -2.12. The zero-order valence-corrected chi connectivity index (χ0v) is 11.9. The molecular weight excluding hydrogens is 262 g/mol. The fourth-order valence-electron chi connectivity index (χ4n) is 2.10. The molecule has 21 heavy (non-hydrogen) atoms. The molecule has 0 saturated heterocycles. The average Bonchev–Trinajstić information content (AvgIpc) is 2.51. The second-order valence-electron chi connectivity index (χ2n) is 4.80. The smallest absolute Gasteiger partial charge is 0.155 e. The quantitative estimate of drug-likeness (QED) is 0.795. The zero-order chi connectivity index (χ0) is 14.7. The molecule has 2 heterocycles. The molecule has 3 rings (SSSR count). The Morgan fingerprint density at radius 1 is 0.810 bits per heavy atom. The van der Waals surface area contributed by atoms with Crippen molar-refractivity contribution in [3.05, 3.63) is 59.9 Å². The van der Waals surface area contributed by atoms with Gasteiger partial charge in [-0.15, -0.1) is 5.10 Å². The van der Waals surface area contributed by atoms with Crippen molar-refractivity contribution >= 4 is 11.5 Å². The minimum Gasteiger partial charge on any atom is -0.338 e. The molecule has 0 fully saturated rings. The predicted molar refractivity (Wildman–Crippen MR) is 82.3 cm³/mol. The van der Waals surface area contributed by atoms with Crippen LogP contribution in [0.2, 0.25) is 0 Å². The molecule has 104 valence electrons. The van der Waals surface area contributed by atoms with Gasteiger partial charge in [-0.1, -0.05) is 18.2 Å². The Kier molecular flexibility index (Phi) is 3.55. The molecule has 0 spiro atoms. The maximum Gasteiger partial charge on any atom is 0.155 e. The van der Waals surface area contributed by atoms with Crippen molar-refractivity contribution < 1.29 is 0 Å². The molecule has 5 nitrogen and oxygen atoms in total. The van der Waals surface area contributed by atoms with Crippen LogP contribution in [-0.4, -0.2) is 20.4 Å². The highest BCUT2D eigenvalue weighted by atomic mass is 15.2. The van der Waals surface area contributed by atoms with Crippen LogP contribution in [0.1, 0.15) is 11.1 Å². The van der Waals surface area contributed by atoms with E-state index in [9.17, 15) is 0 Å². The summed E-state index contributed by atoms with van der Waals surface area (Å²) < 4.78 is 0. The molecule has 5 heteroatoms. The number of rotatable bonds is 3. The highest BCUT2D eigenvalue weighted by Crippen LogP contribution is 2.30. The van der Waals surface area contributed by atoms with Crippen LogP contribution >= 0.6 is 0 Å². The van der Waals surface area contributed by atoms with E-state index < -0.39 is 0 Å². The first kappa shape index (κ1) is 13.2. The molecule has 0 bridgehead atoms. The molecule has 1 aromatic carbocycles. The summed E-state index contributed by atoms with van der Waals surface area (Å²) in [6, 6.07) is 11.8. The average molecular weight is 277 g/mol. The van der Waals surface area contributed by atoms with E-state index in [4.69, 9.17) is 0 Å². The Hall–Kier alpha value is -2.82. The first-order valence-electron chi connectivity index (χ1n) is 6.68. The second-order valence-corrected chi connectivity index (χ2v) is 4.80. The van der Waals surface area contributed by atoms with Gasteiger partial charge in [-0.25, -0.2) is 0 Å². The molecule has 2 aromatic heterocycles. The molecule has 0 saturated carbocycles. The van der Waals surface area contributed by atoms with Gasteiger partial charge in [0.15, 0.2) is 5.82 Å². The number of nitrogens with one attached hydrogen (secondary N) is 1. The number of nitrogens with zero attached hydrogens (tertiary/aromatic N) is 4. The van der Waals surface area contributed by atoms with Gasteiger partial charge in [0.25, 0.3) is 0 Å². The van der Waals surface area contributed by atoms with Gasteiger partial charge >= 0.3 is 0 Å². The second kappa shape index (κ2) is 5.66. The van der Waals surface area contributed by atoms with Crippen LogP contribution in [0.3, 0.4) is 0 Å². The Morgan fingerprint density at radius 2 is 1.52 bits per heavy atom. The molecule has 0 aliphatic carbocycles. The van der Waals surface area contributed by atoms with Gasteiger partial charge in [-0.3, -0.25) is 0 Å². The van der Waals surface area contributed by atoms with Gasteiger partial charge in [0, 0.05) is 17.4 Å². The standard InChI is InChI=1S/C16H15N5/c1-11-7-9-17-20-15(11)13-5-3-4-6-14(13)19-16-12(2)8-10-18-21-16/h3-10H,1-2H3,(H,19,21). The highest BCUT2D eigenvalue weighted by molar-refractivity contribution is 5.80. The van der Waals surface area contributed by atoms with Gasteiger partial charge in [0.05, 0.1) is 11.9 Å². The van der Waals surface area contributed by atoms with Crippen LogP contribution in [0.5, 0.6) is 0 Å². The monoisotopic (exact) mass is 277 g/mol. The topological polar surface area (TPSA) is 63.6 Å². The Labute approximate surface area is 123 Å². The SMILES string of the molecule is Cc1ccnnc1Nc1ccccc1-c1nnccc1C. The van der Waals surface area contributed by atoms with Crippen LogP contribution in [-0.2, 0) is 0 Å². The minimum absolute atomic E-state index is 0.742. The first-order chi connectivity index (χ1) is 10.3. The Balaban J connectivity index is 2.05. The Bertz CT molecular complexity index is 770. The third-order valence-electron chi connectivity index (χ3n) is 3.28. The van der Waals surface area contributed by atoms with E-state index in [2.05, 4.69) is 25.7 Å². The molecule has 3 aromatic rings. The fraction of sp³-hybridized carbons (Fsp3) is 0.125. The fourth-order valence-corrected chi connectivity index (χ4v) is 2.10. The van der Waals surface area contributed by atoms with Crippen LogP contribution in [0, 0.1) is 13.8 Å². The summed E-state index contributed by atoms with van der Waals surface area (Å²) in [4.78, 5) is 0.